The summed E-state index contributed by atoms with van der Waals surface area (Å²) >= 11 is 0. The number of nitrogens with one attached hydrogen (secondary N) is 2. The van der Waals surface area contributed by atoms with Gasteiger partial charge in [-0.05, 0) is 32.4 Å². The topological polar surface area (TPSA) is 103 Å². The van der Waals surface area contributed by atoms with Gasteiger partial charge < -0.3 is 19.5 Å². The minimum Gasteiger partial charge on any atom is -0.490 e. The van der Waals surface area contributed by atoms with E-state index in [-0.39, 0.29) is 6.42 Å². The molecule has 0 aliphatic rings. The van der Waals surface area contributed by atoms with Crippen LogP contribution in [0.25, 0.3) is 0 Å². The van der Waals surface area contributed by atoms with Crippen LogP contribution in [-0.2, 0) is 14.3 Å². The number of hydrogen-bond donors (Lipinski definition) is 2. The van der Waals surface area contributed by atoms with Crippen LogP contribution in [0.15, 0.2) is 24.3 Å². The Labute approximate surface area is 146 Å². The van der Waals surface area contributed by atoms with E-state index < -0.39 is 24.0 Å². The number of para-hydroxylation sites is 2. The van der Waals surface area contributed by atoms with Crippen molar-refractivity contribution in [1.29, 1.82) is 0 Å². The number of urea groups is 1. The zero-order valence-corrected chi connectivity index (χ0v) is 14.7. The Morgan fingerprint density at radius 2 is 1.76 bits per heavy atom. The molecule has 0 bridgehead atoms. The lowest BCUT2D eigenvalue weighted by atomic mass is 10.3. The Kier molecular flexibility index (Phi) is 8.84. The number of imide groups is 1. The smallest absolute Gasteiger partial charge is 0.321 e. The molecule has 1 atom stereocenters. The molecule has 138 valence electrons. The maximum atomic E-state index is 11.7. The molecule has 0 aromatic heterocycles. The number of ether oxygens (including phenoxy) is 3. The molecular weight excluding hydrogens is 328 g/mol. The highest BCUT2D eigenvalue weighted by Crippen LogP contribution is 2.26. The molecule has 8 nitrogen and oxygen atoms in total. The van der Waals surface area contributed by atoms with Crippen molar-refractivity contribution in [3.8, 4) is 11.5 Å². The molecule has 0 spiro atoms. The van der Waals surface area contributed by atoms with Gasteiger partial charge in [-0.3, -0.25) is 14.9 Å². The zero-order chi connectivity index (χ0) is 18.7. The molecule has 2 N–H and O–H groups in total. The summed E-state index contributed by atoms with van der Waals surface area (Å²) < 4.78 is 16.0. The first-order valence-electron chi connectivity index (χ1n) is 8.04. The lowest BCUT2D eigenvalue weighted by Crippen LogP contribution is -2.43. The molecule has 0 heterocycles. The third-order valence-corrected chi connectivity index (χ3v) is 3.07. The van der Waals surface area contributed by atoms with E-state index in [1.165, 1.54) is 14.0 Å². The molecule has 1 aromatic rings. The first kappa shape index (κ1) is 20.3. The number of benzene rings is 1. The van der Waals surface area contributed by atoms with Gasteiger partial charge in [0.25, 0.3) is 5.91 Å². The fourth-order valence-electron chi connectivity index (χ4n) is 1.83. The second kappa shape index (κ2) is 10.9. The van der Waals surface area contributed by atoms with Gasteiger partial charge in [0.15, 0.2) is 17.6 Å². The van der Waals surface area contributed by atoms with Crippen molar-refractivity contribution in [3.63, 3.8) is 0 Å². The van der Waals surface area contributed by atoms with Gasteiger partial charge in [-0.15, -0.1) is 0 Å². The standard InChI is InChI=1S/C17H24N2O6/c1-4-23-13-8-5-6-9-14(13)24-11-7-10-15(20)25-12(2)16(21)19-17(22)18-3/h5-6,8-9,12H,4,7,10-11H2,1-3H3,(H2,18,19,21,22)/t12-/m0/s1. The van der Waals surface area contributed by atoms with Gasteiger partial charge in [-0.2, -0.15) is 0 Å². The van der Waals surface area contributed by atoms with Crippen LogP contribution in [0.2, 0.25) is 0 Å². The molecule has 0 unspecified atom stereocenters. The number of carbonyl (C=O) groups is 3. The van der Waals surface area contributed by atoms with E-state index in [0.717, 1.165) is 0 Å². The van der Waals surface area contributed by atoms with Crippen molar-refractivity contribution < 1.29 is 28.6 Å². The molecule has 25 heavy (non-hydrogen) atoms. The summed E-state index contributed by atoms with van der Waals surface area (Å²) in [4.78, 5) is 34.3. The number of amides is 3. The van der Waals surface area contributed by atoms with Gasteiger partial charge in [0.05, 0.1) is 13.2 Å². The minimum absolute atomic E-state index is 0.0917. The van der Waals surface area contributed by atoms with Gasteiger partial charge in [-0.1, -0.05) is 12.1 Å². The Hall–Kier alpha value is -2.77. The number of esters is 1. The predicted octanol–water partition coefficient (Wildman–Crippen LogP) is 1.63. The monoisotopic (exact) mass is 352 g/mol. The second-order valence-corrected chi connectivity index (χ2v) is 5.03. The van der Waals surface area contributed by atoms with Gasteiger partial charge in [0, 0.05) is 13.5 Å². The van der Waals surface area contributed by atoms with E-state index in [2.05, 4.69) is 5.32 Å². The van der Waals surface area contributed by atoms with Crippen LogP contribution in [0.1, 0.15) is 26.7 Å². The van der Waals surface area contributed by atoms with Crippen molar-refractivity contribution in [3.05, 3.63) is 24.3 Å². The molecule has 1 aromatic carbocycles. The average Bonchev–Trinajstić information content (AvgIpc) is 2.60. The van der Waals surface area contributed by atoms with Crippen molar-refractivity contribution in [2.24, 2.45) is 0 Å². The van der Waals surface area contributed by atoms with Gasteiger partial charge in [0.1, 0.15) is 0 Å². The maximum absolute atomic E-state index is 11.7. The van der Waals surface area contributed by atoms with Crippen molar-refractivity contribution in [2.75, 3.05) is 20.3 Å². The predicted molar refractivity (Wildman–Crippen MR) is 90.5 cm³/mol. The number of hydrogen-bond acceptors (Lipinski definition) is 6. The Morgan fingerprint density at radius 3 is 2.36 bits per heavy atom. The van der Waals surface area contributed by atoms with E-state index in [1.54, 1.807) is 12.1 Å². The SMILES string of the molecule is CCOc1ccccc1OCCCC(=O)O[C@@H](C)C(=O)NC(=O)NC. The summed E-state index contributed by atoms with van der Waals surface area (Å²) in [6.07, 6.45) is -0.540. The molecule has 0 aliphatic heterocycles. The molecule has 1 rings (SSSR count). The maximum Gasteiger partial charge on any atom is 0.321 e. The highest BCUT2D eigenvalue weighted by Gasteiger charge is 2.19. The first-order valence-corrected chi connectivity index (χ1v) is 8.04. The molecule has 0 aliphatic carbocycles. The molecule has 0 fully saturated rings. The highest BCUT2D eigenvalue weighted by atomic mass is 16.5. The third-order valence-electron chi connectivity index (χ3n) is 3.07. The van der Waals surface area contributed by atoms with Crippen molar-refractivity contribution in [2.45, 2.75) is 32.8 Å². The fraction of sp³-hybridized carbons (Fsp3) is 0.471. The quantitative estimate of drug-likeness (QED) is 0.517. The Bertz CT molecular complexity index is 590. The largest absolute Gasteiger partial charge is 0.490 e. The molecule has 0 saturated heterocycles. The summed E-state index contributed by atoms with van der Waals surface area (Å²) in [5.74, 6) is 0.0268. The summed E-state index contributed by atoms with van der Waals surface area (Å²) in [6.45, 7) is 4.11. The van der Waals surface area contributed by atoms with Crippen molar-refractivity contribution >= 4 is 17.9 Å². The second-order valence-electron chi connectivity index (χ2n) is 5.03. The molecule has 0 radical (unpaired) electrons. The van der Waals surface area contributed by atoms with Crippen LogP contribution < -0.4 is 20.1 Å². The van der Waals surface area contributed by atoms with E-state index in [1.807, 2.05) is 24.4 Å². The van der Waals surface area contributed by atoms with Gasteiger partial charge in [-0.25, -0.2) is 4.79 Å². The fourth-order valence-corrected chi connectivity index (χ4v) is 1.83. The Balaban J connectivity index is 2.31. The summed E-state index contributed by atoms with van der Waals surface area (Å²) in [5, 5.41) is 4.27. The highest BCUT2D eigenvalue weighted by molar-refractivity contribution is 5.96. The van der Waals surface area contributed by atoms with Crippen LogP contribution in [0.5, 0.6) is 11.5 Å². The molecule has 3 amide bonds. The van der Waals surface area contributed by atoms with E-state index in [4.69, 9.17) is 14.2 Å². The lowest BCUT2D eigenvalue weighted by molar-refractivity contribution is -0.154. The number of rotatable bonds is 9. The van der Waals surface area contributed by atoms with Crippen LogP contribution >= 0.6 is 0 Å². The molecular formula is C17H24N2O6. The van der Waals surface area contributed by atoms with E-state index >= 15 is 0 Å². The molecule has 0 saturated carbocycles. The van der Waals surface area contributed by atoms with Crippen LogP contribution in [0, 0.1) is 0 Å². The van der Waals surface area contributed by atoms with Crippen LogP contribution in [0.3, 0.4) is 0 Å². The van der Waals surface area contributed by atoms with E-state index in [9.17, 15) is 14.4 Å². The van der Waals surface area contributed by atoms with Gasteiger partial charge >= 0.3 is 12.0 Å². The molecule has 8 heteroatoms. The zero-order valence-electron chi connectivity index (χ0n) is 14.7. The van der Waals surface area contributed by atoms with Gasteiger partial charge in [0.2, 0.25) is 0 Å². The van der Waals surface area contributed by atoms with Crippen LogP contribution in [-0.4, -0.2) is 44.3 Å². The summed E-state index contributed by atoms with van der Waals surface area (Å²) in [7, 11) is 1.38. The van der Waals surface area contributed by atoms with Crippen molar-refractivity contribution in [1.82, 2.24) is 10.6 Å². The van der Waals surface area contributed by atoms with Crippen LogP contribution in [0.4, 0.5) is 4.79 Å². The summed E-state index contributed by atoms with van der Waals surface area (Å²) in [5.41, 5.74) is 0. The minimum atomic E-state index is -1.05. The lowest BCUT2D eigenvalue weighted by Gasteiger charge is -2.13. The Morgan fingerprint density at radius 1 is 1.12 bits per heavy atom. The first-order chi connectivity index (χ1) is 12.0. The average molecular weight is 352 g/mol. The van der Waals surface area contributed by atoms with E-state index in [0.29, 0.717) is 31.1 Å². The normalized spacial score (nSPS) is 11.2. The summed E-state index contributed by atoms with van der Waals surface area (Å²) in [6, 6.07) is 6.61. The third kappa shape index (κ3) is 7.56. The number of carbonyl (C=O) groups excluding carboxylic acids is 3.